The highest BCUT2D eigenvalue weighted by Gasteiger charge is 2.28. The fourth-order valence-electron chi connectivity index (χ4n) is 1.35. The number of esters is 1. The molecular formula is C13H18NO7P. The van der Waals surface area contributed by atoms with E-state index < -0.39 is 32.6 Å². The molecule has 1 atom stereocenters. The first kappa shape index (κ1) is 18.2. The molecule has 8 nitrogen and oxygen atoms in total. The second kappa shape index (κ2) is 9.19. The van der Waals surface area contributed by atoms with Gasteiger partial charge in [0.05, 0.1) is 7.11 Å². The lowest BCUT2D eigenvalue weighted by atomic mass is 10.2. The number of benzene rings is 1. The van der Waals surface area contributed by atoms with Crippen LogP contribution in [0.3, 0.4) is 0 Å². The number of carbonyl (C=O) groups is 2. The van der Waals surface area contributed by atoms with Crippen LogP contribution in [0.2, 0.25) is 0 Å². The molecule has 22 heavy (non-hydrogen) atoms. The topological polar surface area (TPSA) is 100 Å². The minimum Gasteiger partial charge on any atom is -0.469 e. The lowest BCUT2D eigenvalue weighted by Crippen LogP contribution is -2.27. The summed E-state index contributed by atoms with van der Waals surface area (Å²) in [4.78, 5) is 22.5. The van der Waals surface area contributed by atoms with Crippen LogP contribution in [0.15, 0.2) is 30.3 Å². The van der Waals surface area contributed by atoms with Crippen molar-refractivity contribution in [1.82, 2.24) is 5.32 Å². The van der Waals surface area contributed by atoms with Gasteiger partial charge in [0.2, 0.25) is 0 Å². The van der Waals surface area contributed by atoms with Gasteiger partial charge in [-0.15, -0.1) is 0 Å². The molecule has 1 unspecified atom stereocenters. The van der Waals surface area contributed by atoms with E-state index in [0.29, 0.717) is 0 Å². The zero-order valence-corrected chi connectivity index (χ0v) is 13.2. The number of ether oxygens (including phenoxy) is 2. The van der Waals surface area contributed by atoms with Crippen LogP contribution in [-0.4, -0.2) is 39.2 Å². The van der Waals surface area contributed by atoms with Crippen LogP contribution in [0.4, 0.5) is 4.79 Å². The molecule has 9 heteroatoms. The molecule has 0 aromatic heterocycles. The molecule has 0 aliphatic heterocycles. The standard InChI is InChI=1S/C13H18NO7P/c1-18-12(15)9-22(17,19-2)21-10-14-13(16)20-8-11-6-4-3-5-7-11/h3-7H,8-10H2,1-2H3,(H,14,16). The summed E-state index contributed by atoms with van der Waals surface area (Å²) in [5.74, 6) is -0.739. The Bertz CT molecular complexity index is 534. The summed E-state index contributed by atoms with van der Waals surface area (Å²) < 4.78 is 30.8. The Labute approximate surface area is 128 Å². The second-order valence-electron chi connectivity index (χ2n) is 4.04. The number of carbonyl (C=O) groups excluding carboxylic acids is 2. The number of hydrogen-bond donors (Lipinski definition) is 1. The molecule has 0 spiro atoms. The predicted octanol–water partition coefficient (Wildman–Crippen LogP) is 1.90. The van der Waals surface area contributed by atoms with Crippen LogP contribution in [0.5, 0.6) is 0 Å². The highest BCUT2D eigenvalue weighted by molar-refractivity contribution is 7.54. The molecule has 0 heterocycles. The quantitative estimate of drug-likeness (QED) is 0.441. The molecule has 1 rings (SSSR count). The van der Waals surface area contributed by atoms with E-state index in [-0.39, 0.29) is 6.61 Å². The zero-order chi connectivity index (χ0) is 16.4. The van der Waals surface area contributed by atoms with Crippen LogP contribution < -0.4 is 5.32 Å². The molecule has 1 aromatic rings. The first-order valence-electron chi connectivity index (χ1n) is 6.30. The van der Waals surface area contributed by atoms with Gasteiger partial charge >= 0.3 is 19.7 Å². The fourth-order valence-corrected chi connectivity index (χ4v) is 2.38. The van der Waals surface area contributed by atoms with E-state index >= 15 is 0 Å². The average molecular weight is 331 g/mol. The maximum atomic E-state index is 12.0. The van der Waals surface area contributed by atoms with Gasteiger partial charge in [0.15, 0.2) is 0 Å². The molecule has 122 valence electrons. The van der Waals surface area contributed by atoms with Gasteiger partial charge in [0.1, 0.15) is 19.5 Å². The number of rotatable bonds is 8. The minimum atomic E-state index is -3.65. The number of hydrogen-bond acceptors (Lipinski definition) is 7. The third-order valence-corrected chi connectivity index (χ3v) is 4.24. The lowest BCUT2D eigenvalue weighted by Gasteiger charge is -2.15. The van der Waals surface area contributed by atoms with Crippen molar-refractivity contribution in [3.8, 4) is 0 Å². The largest absolute Gasteiger partial charge is 0.469 e. The van der Waals surface area contributed by atoms with Crippen LogP contribution in [0, 0.1) is 0 Å². The Morgan fingerprint density at radius 2 is 1.86 bits per heavy atom. The number of nitrogens with one attached hydrogen (secondary N) is 1. The number of amides is 1. The summed E-state index contributed by atoms with van der Waals surface area (Å²) in [5.41, 5.74) is 0.826. The van der Waals surface area contributed by atoms with Crippen LogP contribution in [0.25, 0.3) is 0 Å². The van der Waals surface area contributed by atoms with E-state index in [1.54, 1.807) is 12.1 Å². The molecule has 0 aliphatic carbocycles. The van der Waals surface area contributed by atoms with E-state index in [1.807, 2.05) is 18.2 Å². The van der Waals surface area contributed by atoms with Crippen molar-refractivity contribution in [1.29, 1.82) is 0 Å². The van der Waals surface area contributed by atoms with Crippen molar-refractivity contribution in [3.63, 3.8) is 0 Å². The van der Waals surface area contributed by atoms with Gasteiger partial charge in [-0.3, -0.25) is 19.2 Å². The maximum absolute atomic E-state index is 12.0. The normalized spacial score (nSPS) is 13.0. The number of methoxy groups -OCH3 is 1. The molecular weight excluding hydrogens is 313 g/mol. The molecule has 0 saturated carbocycles. The van der Waals surface area contributed by atoms with E-state index in [4.69, 9.17) is 9.26 Å². The summed E-state index contributed by atoms with van der Waals surface area (Å²) in [7, 11) is -1.36. The molecule has 1 aromatic carbocycles. The van der Waals surface area contributed by atoms with Crippen molar-refractivity contribution in [2.24, 2.45) is 0 Å². The molecule has 0 saturated heterocycles. The third-order valence-electron chi connectivity index (χ3n) is 2.52. The van der Waals surface area contributed by atoms with Gasteiger partial charge < -0.3 is 14.0 Å². The first-order valence-corrected chi connectivity index (χ1v) is 8.02. The SMILES string of the molecule is COC(=O)CP(=O)(OC)OCNC(=O)OCc1ccccc1. The average Bonchev–Trinajstić information content (AvgIpc) is 2.53. The van der Waals surface area contributed by atoms with Crippen molar-refractivity contribution < 1.29 is 32.7 Å². The molecule has 1 N–H and O–H groups in total. The summed E-state index contributed by atoms with van der Waals surface area (Å²) in [5, 5.41) is 2.25. The van der Waals surface area contributed by atoms with E-state index in [0.717, 1.165) is 19.8 Å². The molecule has 0 bridgehead atoms. The monoisotopic (exact) mass is 331 g/mol. The van der Waals surface area contributed by atoms with Gasteiger partial charge in [-0.25, -0.2) is 4.79 Å². The van der Waals surface area contributed by atoms with Gasteiger partial charge in [0, 0.05) is 7.11 Å². The Balaban J connectivity index is 2.31. The van der Waals surface area contributed by atoms with Crippen molar-refractivity contribution in [2.45, 2.75) is 6.61 Å². The fraction of sp³-hybridized carbons (Fsp3) is 0.385. The lowest BCUT2D eigenvalue weighted by molar-refractivity contribution is -0.137. The third kappa shape index (κ3) is 6.71. The van der Waals surface area contributed by atoms with Gasteiger partial charge in [-0.05, 0) is 5.56 Å². The minimum absolute atomic E-state index is 0.0940. The Kier molecular flexibility index (Phi) is 7.59. The smallest absolute Gasteiger partial charge is 0.409 e. The highest BCUT2D eigenvalue weighted by atomic mass is 31.2. The summed E-state index contributed by atoms with van der Waals surface area (Å²) >= 11 is 0. The van der Waals surface area contributed by atoms with Crippen LogP contribution in [-0.2, 0) is 34.5 Å². The van der Waals surface area contributed by atoms with Gasteiger partial charge in [-0.2, -0.15) is 0 Å². The molecule has 0 fully saturated rings. The molecule has 0 radical (unpaired) electrons. The summed E-state index contributed by atoms with van der Waals surface area (Å²) in [6, 6.07) is 9.10. The predicted molar refractivity (Wildman–Crippen MR) is 77.2 cm³/mol. The van der Waals surface area contributed by atoms with Gasteiger partial charge in [-0.1, -0.05) is 30.3 Å². The summed E-state index contributed by atoms with van der Waals surface area (Å²) in [6.45, 7) is -0.327. The van der Waals surface area contributed by atoms with Gasteiger partial charge in [0.25, 0.3) is 0 Å². The van der Waals surface area contributed by atoms with E-state index in [2.05, 4.69) is 14.6 Å². The van der Waals surface area contributed by atoms with E-state index in [1.165, 1.54) is 0 Å². The van der Waals surface area contributed by atoms with Crippen molar-refractivity contribution >= 4 is 19.7 Å². The van der Waals surface area contributed by atoms with Crippen LogP contribution >= 0.6 is 7.60 Å². The van der Waals surface area contributed by atoms with Crippen molar-refractivity contribution in [2.75, 3.05) is 27.1 Å². The highest BCUT2D eigenvalue weighted by Crippen LogP contribution is 2.46. The van der Waals surface area contributed by atoms with Crippen molar-refractivity contribution in [3.05, 3.63) is 35.9 Å². The van der Waals surface area contributed by atoms with Crippen LogP contribution in [0.1, 0.15) is 5.56 Å². The second-order valence-corrected chi connectivity index (χ2v) is 6.20. The Morgan fingerprint density at radius 3 is 2.45 bits per heavy atom. The first-order chi connectivity index (χ1) is 10.5. The Morgan fingerprint density at radius 1 is 1.18 bits per heavy atom. The molecule has 0 aliphatic rings. The number of alkyl carbamates (subject to hydrolysis) is 1. The van der Waals surface area contributed by atoms with E-state index in [9.17, 15) is 14.2 Å². The summed E-state index contributed by atoms with van der Waals surface area (Å²) in [6.07, 6.45) is -1.29. The molecule has 1 amide bonds. The Hall–Kier alpha value is -1.89. The zero-order valence-electron chi connectivity index (χ0n) is 12.3. The maximum Gasteiger partial charge on any atom is 0.409 e.